The number of morpholine rings is 1. The average molecular weight is 242 g/mol. The van der Waals surface area contributed by atoms with Crippen LogP contribution in [0.5, 0.6) is 0 Å². The number of rotatable bonds is 3. The molecule has 2 heterocycles. The molecule has 1 aromatic heterocycles. The highest BCUT2D eigenvalue weighted by molar-refractivity contribution is 7.11. The van der Waals surface area contributed by atoms with Crippen LogP contribution in [0.1, 0.15) is 15.6 Å². The maximum absolute atomic E-state index is 9.06. The van der Waals surface area contributed by atoms with Gasteiger partial charge in [-0.1, -0.05) is 0 Å². The number of aliphatic hydroxyl groups is 1. The van der Waals surface area contributed by atoms with Crippen molar-refractivity contribution in [1.82, 2.24) is 9.88 Å². The molecule has 0 amide bonds. The maximum atomic E-state index is 9.06. The van der Waals surface area contributed by atoms with Gasteiger partial charge in [0.2, 0.25) is 0 Å². The largest absolute Gasteiger partial charge is 0.394 e. The molecule has 1 aromatic rings. The number of hydrogen-bond acceptors (Lipinski definition) is 5. The molecule has 1 aliphatic rings. The van der Waals surface area contributed by atoms with Gasteiger partial charge in [-0.05, 0) is 13.8 Å². The number of ether oxygens (including phenoxy) is 1. The van der Waals surface area contributed by atoms with Crippen LogP contribution in [0, 0.1) is 13.8 Å². The molecule has 1 aliphatic heterocycles. The van der Waals surface area contributed by atoms with Crippen molar-refractivity contribution in [2.24, 2.45) is 0 Å². The lowest BCUT2D eigenvalue weighted by atomic mass is 10.3. The van der Waals surface area contributed by atoms with Crippen LogP contribution in [0.15, 0.2) is 0 Å². The molecule has 90 valence electrons. The third kappa shape index (κ3) is 2.79. The van der Waals surface area contributed by atoms with E-state index < -0.39 is 0 Å². The predicted molar refractivity (Wildman–Crippen MR) is 63.7 cm³/mol. The van der Waals surface area contributed by atoms with Crippen molar-refractivity contribution < 1.29 is 9.84 Å². The second-order valence-corrected chi connectivity index (χ2v) is 5.45. The third-order valence-corrected chi connectivity index (χ3v) is 3.92. The summed E-state index contributed by atoms with van der Waals surface area (Å²) in [5, 5.41) is 10.2. The Bertz CT molecular complexity index is 334. The molecule has 1 unspecified atom stereocenters. The molecule has 4 nitrogen and oxygen atoms in total. The minimum absolute atomic E-state index is 0.0316. The van der Waals surface area contributed by atoms with Crippen LogP contribution in [0.4, 0.5) is 0 Å². The van der Waals surface area contributed by atoms with E-state index in [2.05, 4.69) is 16.8 Å². The Morgan fingerprint density at radius 3 is 3.00 bits per heavy atom. The van der Waals surface area contributed by atoms with Crippen molar-refractivity contribution >= 4 is 11.3 Å². The predicted octanol–water partition coefficient (Wildman–Crippen LogP) is 0.953. The van der Waals surface area contributed by atoms with E-state index in [0.29, 0.717) is 6.61 Å². The third-order valence-electron chi connectivity index (χ3n) is 2.86. The highest BCUT2D eigenvalue weighted by atomic mass is 32.1. The first-order valence-corrected chi connectivity index (χ1v) is 6.38. The molecule has 16 heavy (non-hydrogen) atoms. The van der Waals surface area contributed by atoms with E-state index in [1.54, 1.807) is 11.3 Å². The van der Waals surface area contributed by atoms with Gasteiger partial charge in [0.05, 0.1) is 31.6 Å². The number of aryl methyl sites for hydroxylation is 2. The molecule has 5 heteroatoms. The lowest BCUT2D eigenvalue weighted by Gasteiger charge is -2.31. The molecule has 0 spiro atoms. The SMILES string of the molecule is Cc1nc(CN2CCOC(CO)C2)sc1C. The summed E-state index contributed by atoms with van der Waals surface area (Å²) >= 11 is 1.76. The molecular formula is C11H18N2O2S. The summed E-state index contributed by atoms with van der Waals surface area (Å²) in [5.41, 5.74) is 1.13. The minimum Gasteiger partial charge on any atom is -0.394 e. The average Bonchev–Trinajstić information content (AvgIpc) is 2.58. The molecule has 0 bridgehead atoms. The zero-order valence-electron chi connectivity index (χ0n) is 9.77. The number of aromatic nitrogens is 1. The Kier molecular flexibility index (Phi) is 3.91. The quantitative estimate of drug-likeness (QED) is 0.857. The second kappa shape index (κ2) is 5.23. The molecule has 1 atom stereocenters. The molecule has 1 saturated heterocycles. The van der Waals surface area contributed by atoms with Crippen molar-refractivity contribution in [3.05, 3.63) is 15.6 Å². The van der Waals surface area contributed by atoms with Gasteiger partial charge in [0.25, 0.3) is 0 Å². The van der Waals surface area contributed by atoms with Crippen LogP contribution in [0.2, 0.25) is 0 Å². The van der Waals surface area contributed by atoms with E-state index in [0.717, 1.165) is 30.3 Å². The van der Waals surface area contributed by atoms with Crippen LogP contribution >= 0.6 is 11.3 Å². The maximum Gasteiger partial charge on any atom is 0.107 e. The van der Waals surface area contributed by atoms with Crippen molar-refractivity contribution in [3.8, 4) is 0 Å². The summed E-state index contributed by atoms with van der Waals surface area (Å²) in [4.78, 5) is 8.12. The summed E-state index contributed by atoms with van der Waals surface area (Å²) in [6, 6.07) is 0. The van der Waals surface area contributed by atoms with Gasteiger partial charge in [0, 0.05) is 18.0 Å². The Morgan fingerprint density at radius 2 is 2.38 bits per heavy atom. The molecular weight excluding hydrogens is 224 g/mol. The van der Waals surface area contributed by atoms with E-state index in [1.165, 1.54) is 4.88 Å². The highest BCUT2D eigenvalue weighted by Gasteiger charge is 2.20. The van der Waals surface area contributed by atoms with Gasteiger partial charge >= 0.3 is 0 Å². The summed E-state index contributed by atoms with van der Waals surface area (Å²) in [7, 11) is 0. The van der Waals surface area contributed by atoms with Crippen molar-refractivity contribution in [3.63, 3.8) is 0 Å². The van der Waals surface area contributed by atoms with Gasteiger partial charge in [-0.25, -0.2) is 4.98 Å². The Hall–Kier alpha value is -0.490. The molecule has 0 aromatic carbocycles. The van der Waals surface area contributed by atoms with Gasteiger partial charge in [-0.15, -0.1) is 11.3 Å². The summed E-state index contributed by atoms with van der Waals surface area (Å²) in [6.07, 6.45) is -0.0316. The van der Waals surface area contributed by atoms with Gasteiger partial charge in [0.15, 0.2) is 0 Å². The normalized spacial score (nSPS) is 22.6. The smallest absolute Gasteiger partial charge is 0.107 e. The van der Waals surface area contributed by atoms with Gasteiger partial charge in [0.1, 0.15) is 5.01 Å². The fraction of sp³-hybridized carbons (Fsp3) is 0.727. The van der Waals surface area contributed by atoms with E-state index in [1.807, 2.05) is 6.92 Å². The molecule has 1 N–H and O–H groups in total. The fourth-order valence-electron chi connectivity index (χ4n) is 1.83. The molecule has 1 fully saturated rings. The molecule has 0 saturated carbocycles. The lowest BCUT2D eigenvalue weighted by molar-refractivity contribution is -0.0551. The molecule has 2 rings (SSSR count). The summed E-state index contributed by atoms with van der Waals surface area (Å²) in [5.74, 6) is 0. The number of hydrogen-bond donors (Lipinski definition) is 1. The fourth-order valence-corrected chi connectivity index (χ4v) is 2.81. The van der Waals surface area contributed by atoms with Crippen LogP contribution < -0.4 is 0 Å². The van der Waals surface area contributed by atoms with Crippen molar-refractivity contribution in [2.45, 2.75) is 26.5 Å². The summed E-state index contributed by atoms with van der Waals surface area (Å²) in [6.45, 7) is 7.56. The van der Waals surface area contributed by atoms with E-state index in [-0.39, 0.29) is 12.7 Å². The zero-order chi connectivity index (χ0) is 11.5. The number of nitrogens with zero attached hydrogens (tertiary/aromatic N) is 2. The number of thiazole rings is 1. The molecule has 0 radical (unpaired) electrons. The Balaban J connectivity index is 1.93. The second-order valence-electron chi connectivity index (χ2n) is 4.16. The van der Waals surface area contributed by atoms with Gasteiger partial charge in [-0.2, -0.15) is 0 Å². The topological polar surface area (TPSA) is 45.6 Å². The standard InChI is InChI=1S/C11H18N2O2S/c1-8-9(2)16-11(12-8)6-13-3-4-15-10(5-13)7-14/h10,14H,3-7H2,1-2H3. The van der Waals surface area contributed by atoms with E-state index in [9.17, 15) is 0 Å². The Labute approximate surface area is 99.9 Å². The van der Waals surface area contributed by atoms with Crippen molar-refractivity contribution in [2.75, 3.05) is 26.3 Å². The van der Waals surface area contributed by atoms with Crippen LogP contribution in [-0.2, 0) is 11.3 Å². The van der Waals surface area contributed by atoms with Crippen LogP contribution in [-0.4, -0.2) is 47.4 Å². The monoisotopic (exact) mass is 242 g/mol. The van der Waals surface area contributed by atoms with Crippen molar-refractivity contribution in [1.29, 1.82) is 0 Å². The first-order valence-electron chi connectivity index (χ1n) is 5.56. The van der Waals surface area contributed by atoms with Gasteiger partial charge in [-0.3, -0.25) is 4.90 Å². The van der Waals surface area contributed by atoms with Gasteiger partial charge < -0.3 is 9.84 Å². The highest BCUT2D eigenvalue weighted by Crippen LogP contribution is 2.19. The van der Waals surface area contributed by atoms with Crippen LogP contribution in [0.3, 0.4) is 0 Å². The summed E-state index contributed by atoms with van der Waals surface area (Å²) < 4.78 is 5.42. The molecule has 0 aliphatic carbocycles. The van der Waals surface area contributed by atoms with E-state index >= 15 is 0 Å². The Morgan fingerprint density at radius 1 is 1.56 bits per heavy atom. The zero-order valence-corrected chi connectivity index (χ0v) is 10.6. The first kappa shape index (κ1) is 12.0. The number of aliphatic hydroxyl groups excluding tert-OH is 1. The van der Waals surface area contributed by atoms with E-state index in [4.69, 9.17) is 9.84 Å². The lowest BCUT2D eigenvalue weighted by Crippen LogP contribution is -2.43. The first-order chi connectivity index (χ1) is 7.69. The van der Waals surface area contributed by atoms with Crippen LogP contribution in [0.25, 0.3) is 0 Å². The minimum atomic E-state index is -0.0316.